The Hall–Kier alpha value is -1.51. The number of aliphatic imine (C=N–C) groups is 1. The van der Waals surface area contributed by atoms with Crippen LogP contribution in [-0.4, -0.2) is 30.5 Å². The Bertz CT molecular complexity index is 372. The summed E-state index contributed by atoms with van der Waals surface area (Å²) in [7, 11) is 0. The summed E-state index contributed by atoms with van der Waals surface area (Å²) in [4.78, 5) is 6.85. The highest BCUT2D eigenvalue weighted by Gasteiger charge is 2.29. The van der Waals surface area contributed by atoms with Gasteiger partial charge in [0, 0.05) is 13.1 Å². The third-order valence-electron chi connectivity index (χ3n) is 3.14. The van der Waals surface area contributed by atoms with E-state index in [0.717, 1.165) is 25.6 Å². The van der Waals surface area contributed by atoms with Crippen LogP contribution in [0.5, 0.6) is 0 Å². The normalized spacial score (nSPS) is 24.4. The Kier molecular flexibility index (Phi) is 2.09. The van der Waals surface area contributed by atoms with Crippen molar-refractivity contribution in [3.8, 4) is 0 Å². The fraction of sp³-hybridized carbons (Fsp3) is 0.417. The third-order valence-corrected chi connectivity index (χ3v) is 3.14. The predicted octanol–water partition coefficient (Wildman–Crippen LogP) is 1.39. The van der Waals surface area contributed by atoms with Crippen LogP contribution in [0.4, 0.5) is 0 Å². The highest BCUT2D eigenvalue weighted by molar-refractivity contribution is 5.82. The molecule has 1 atom stereocenters. The zero-order valence-corrected chi connectivity index (χ0v) is 8.69. The van der Waals surface area contributed by atoms with E-state index < -0.39 is 0 Å². The number of guanidine groups is 1. The molecule has 1 N–H and O–H groups in total. The van der Waals surface area contributed by atoms with Crippen LogP contribution in [0.2, 0.25) is 0 Å². The second kappa shape index (κ2) is 3.57. The number of benzene rings is 1. The lowest BCUT2D eigenvalue weighted by Gasteiger charge is -2.35. The van der Waals surface area contributed by atoms with E-state index in [1.54, 1.807) is 0 Å². The summed E-state index contributed by atoms with van der Waals surface area (Å²) < 4.78 is 0. The maximum absolute atomic E-state index is 4.46. The van der Waals surface area contributed by atoms with Gasteiger partial charge in [0.2, 0.25) is 0 Å². The molecule has 78 valence electrons. The number of nitrogens with zero attached hydrogens (tertiary/aromatic N) is 2. The fourth-order valence-corrected chi connectivity index (χ4v) is 2.42. The standard InChI is InChI=1S/C12H15N3/c1-2-4-10(5-3-1)11-6-7-13-12-14-8-9-15(11)12/h1-5,11H,6-9H2,(H,13,14). The molecule has 1 saturated heterocycles. The molecule has 3 rings (SSSR count). The van der Waals surface area contributed by atoms with Gasteiger partial charge in [-0.1, -0.05) is 30.3 Å². The molecule has 1 aromatic rings. The summed E-state index contributed by atoms with van der Waals surface area (Å²) in [6, 6.07) is 11.3. The molecular formula is C12H15N3. The van der Waals surface area contributed by atoms with Gasteiger partial charge in [0.15, 0.2) is 5.96 Å². The molecule has 0 spiro atoms. The van der Waals surface area contributed by atoms with Crippen LogP contribution in [0, 0.1) is 0 Å². The maximum atomic E-state index is 4.46. The van der Waals surface area contributed by atoms with Crippen molar-refractivity contribution in [3.63, 3.8) is 0 Å². The van der Waals surface area contributed by atoms with E-state index in [2.05, 4.69) is 45.5 Å². The van der Waals surface area contributed by atoms with Crippen molar-refractivity contribution in [3.05, 3.63) is 35.9 Å². The topological polar surface area (TPSA) is 27.6 Å². The molecule has 2 aliphatic heterocycles. The zero-order chi connectivity index (χ0) is 10.1. The molecular weight excluding hydrogens is 186 g/mol. The summed E-state index contributed by atoms with van der Waals surface area (Å²) in [6.45, 7) is 3.03. The second-order valence-electron chi connectivity index (χ2n) is 4.04. The smallest absolute Gasteiger partial charge is 0.194 e. The Labute approximate surface area is 89.8 Å². The van der Waals surface area contributed by atoms with Crippen molar-refractivity contribution in [2.75, 3.05) is 19.6 Å². The number of hydrogen-bond acceptors (Lipinski definition) is 3. The van der Waals surface area contributed by atoms with Crippen LogP contribution in [0.3, 0.4) is 0 Å². The Morgan fingerprint density at radius 1 is 1.27 bits per heavy atom. The summed E-state index contributed by atoms with van der Waals surface area (Å²) in [5, 5.41) is 3.36. The second-order valence-corrected chi connectivity index (χ2v) is 4.04. The van der Waals surface area contributed by atoms with Crippen LogP contribution in [0.1, 0.15) is 18.0 Å². The van der Waals surface area contributed by atoms with Crippen molar-refractivity contribution in [2.24, 2.45) is 4.99 Å². The lowest BCUT2D eigenvalue weighted by Crippen LogP contribution is -2.46. The van der Waals surface area contributed by atoms with Gasteiger partial charge < -0.3 is 10.2 Å². The molecule has 0 saturated carbocycles. The van der Waals surface area contributed by atoms with E-state index >= 15 is 0 Å². The minimum atomic E-state index is 0.522. The van der Waals surface area contributed by atoms with Gasteiger partial charge in [0.05, 0.1) is 12.6 Å². The molecule has 0 bridgehead atoms. The molecule has 2 heterocycles. The lowest BCUT2D eigenvalue weighted by molar-refractivity contribution is 0.291. The number of nitrogens with one attached hydrogen (secondary N) is 1. The van der Waals surface area contributed by atoms with Crippen molar-refractivity contribution >= 4 is 5.96 Å². The van der Waals surface area contributed by atoms with Crippen LogP contribution in [0.15, 0.2) is 35.3 Å². The molecule has 1 aromatic carbocycles. The summed E-state index contributed by atoms with van der Waals surface area (Å²) >= 11 is 0. The highest BCUT2D eigenvalue weighted by Crippen LogP contribution is 2.27. The van der Waals surface area contributed by atoms with Crippen LogP contribution >= 0.6 is 0 Å². The first kappa shape index (κ1) is 8.77. The van der Waals surface area contributed by atoms with Crippen LogP contribution in [-0.2, 0) is 0 Å². The average Bonchev–Trinajstić information content (AvgIpc) is 2.78. The predicted molar refractivity (Wildman–Crippen MR) is 60.8 cm³/mol. The quantitative estimate of drug-likeness (QED) is 0.743. The van der Waals surface area contributed by atoms with Crippen molar-refractivity contribution in [1.82, 2.24) is 10.2 Å². The van der Waals surface area contributed by atoms with Gasteiger partial charge in [-0.2, -0.15) is 0 Å². The molecule has 1 fully saturated rings. The molecule has 3 nitrogen and oxygen atoms in total. The first-order valence-electron chi connectivity index (χ1n) is 5.55. The van der Waals surface area contributed by atoms with Gasteiger partial charge in [-0.3, -0.25) is 4.99 Å². The van der Waals surface area contributed by atoms with E-state index in [1.807, 2.05) is 0 Å². The molecule has 0 aliphatic carbocycles. The minimum Gasteiger partial charge on any atom is -0.356 e. The summed E-state index contributed by atoms with van der Waals surface area (Å²) in [6.07, 6.45) is 1.17. The fourth-order valence-electron chi connectivity index (χ4n) is 2.42. The van der Waals surface area contributed by atoms with Gasteiger partial charge in [0.25, 0.3) is 0 Å². The number of rotatable bonds is 1. The van der Waals surface area contributed by atoms with Crippen LogP contribution < -0.4 is 5.32 Å². The SMILES string of the molecule is c1ccc(C2CCNC3=NCCN32)cc1. The number of hydrogen-bond donors (Lipinski definition) is 1. The first-order valence-corrected chi connectivity index (χ1v) is 5.55. The third kappa shape index (κ3) is 1.48. The largest absolute Gasteiger partial charge is 0.356 e. The van der Waals surface area contributed by atoms with Gasteiger partial charge in [-0.15, -0.1) is 0 Å². The van der Waals surface area contributed by atoms with Crippen molar-refractivity contribution in [2.45, 2.75) is 12.5 Å². The molecule has 0 radical (unpaired) electrons. The van der Waals surface area contributed by atoms with Crippen molar-refractivity contribution < 1.29 is 0 Å². The minimum absolute atomic E-state index is 0.522. The maximum Gasteiger partial charge on any atom is 0.194 e. The van der Waals surface area contributed by atoms with Gasteiger partial charge in [-0.05, 0) is 12.0 Å². The highest BCUT2D eigenvalue weighted by atomic mass is 15.4. The van der Waals surface area contributed by atoms with Gasteiger partial charge in [-0.25, -0.2) is 0 Å². The molecule has 15 heavy (non-hydrogen) atoms. The Morgan fingerprint density at radius 3 is 3.00 bits per heavy atom. The monoisotopic (exact) mass is 201 g/mol. The average molecular weight is 201 g/mol. The zero-order valence-electron chi connectivity index (χ0n) is 8.69. The van der Waals surface area contributed by atoms with E-state index in [0.29, 0.717) is 6.04 Å². The summed E-state index contributed by atoms with van der Waals surface area (Å²) in [5.41, 5.74) is 1.41. The van der Waals surface area contributed by atoms with Gasteiger partial charge >= 0.3 is 0 Å². The summed E-state index contributed by atoms with van der Waals surface area (Å²) in [5.74, 6) is 1.09. The van der Waals surface area contributed by atoms with E-state index in [4.69, 9.17) is 0 Å². The first-order chi connectivity index (χ1) is 7.45. The van der Waals surface area contributed by atoms with Gasteiger partial charge in [0.1, 0.15) is 0 Å². The molecule has 2 aliphatic rings. The molecule has 3 heteroatoms. The van der Waals surface area contributed by atoms with E-state index in [9.17, 15) is 0 Å². The van der Waals surface area contributed by atoms with E-state index in [-0.39, 0.29) is 0 Å². The number of fused-ring (bicyclic) bond motifs is 1. The van der Waals surface area contributed by atoms with Crippen molar-refractivity contribution in [1.29, 1.82) is 0 Å². The Balaban J connectivity index is 1.90. The Morgan fingerprint density at radius 2 is 2.13 bits per heavy atom. The van der Waals surface area contributed by atoms with E-state index in [1.165, 1.54) is 12.0 Å². The molecule has 1 unspecified atom stereocenters. The van der Waals surface area contributed by atoms with Crippen LogP contribution in [0.25, 0.3) is 0 Å². The lowest BCUT2D eigenvalue weighted by atomic mass is 10.0. The molecule has 0 aromatic heterocycles. The molecule has 0 amide bonds.